The number of hydrogen-bond acceptors (Lipinski definition) is 6. The van der Waals surface area contributed by atoms with Crippen LogP contribution >= 0.6 is 0 Å². The Kier molecular flexibility index (Phi) is 5.40. The van der Waals surface area contributed by atoms with Crippen LogP contribution < -0.4 is 5.32 Å². The molecule has 1 aliphatic rings. The first-order valence-corrected chi connectivity index (χ1v) is 11.2. The SMILES string of the molecule is Cc1cc(NCc2ccc(S(=O)(=O)N3CCCC3)cc2)c2cccc([N+](=O)[O-])c2n1. The summed E-state index contributed by atoms with van der Waals surface area (Å²) in [7, 11) is -3.43. The summed E-state index contributed by atoms with van der Waals surface area (Å²) in [5.41, 5.74) is 2.64. The molecule has 0 saturated carbocycles. The number of aryl methyl sites for hydroxylation is 1. The van der Waals surface area contributed by atoms with Crippen LogP contribution in [0.1, 0.15) is 24.1 Å². The van der Waals surface area contributed by atoms with Gasteiger partial charge in [-0.2, -0.15) is 4.31 Å². The molecule has 1 aromatic heterocycles. The van der Waals surface area contributed by atoms with Crippen LogP contribution in [0.4, 0.5) is 11.4 Å². The first-order chi connectivity index (χ1) is 14.4. The number of pyridine rings is 1. The quantitative estimate of drug-likeness (QED) is 0.474. The molecule has 0 radical (unpaired) electrons. The van der Waals surface area contributed by atoms with Gasteiger partial charge in [0.25, 0.3) is 5.69 Å². The molecule has 8 nitrogen and oxygen atoms in total. The van der Waals surface area contributed by atoms with E-state index >= 15 is 0 Å². The molecule has 30 heavy (non-hydrogen) atoms. The first-order valence-electron chi connectivity index (χ1n) is 9.74. The number of fused-ring (bicyclic) bond motifs is 1. The summed E-state index contributed by atoms with van der Waals surface area (Å²) in [6.45, 7) is 3.39. The molecule has 1 N–H and O–H groups in total. The number of nitrogens with one attached hydrogen (secondary N) is 1. The fraction of sp³-hybridized carbons (Fsp3) is 0.286. The van der Waals surface area contributed by atoms with Crippen LogP contribution in [0.25, 0.3) is 10.9 Å². The number of para-hydroxylation sites is 1. The Morgan fingerprint density at radius 1 is 1.13 bits per heavy atom. The van der Waals surface area contributed by atoms with Crippen molar-refractivity contribution < 1.29 is 13.3 Å². The molecule has 2 aromatic carbocycles. The van der Waals surface area contributed by atoms with Crippen molar-refractivity contribution in [3.05, 3.63) is 69.9 Å². The van der Waals surface area contributed by atoms with Crippen molar-refractivity contribution in [2.45, 2.75) is 31.2 Å². The van der Waals surface area contributed by atoms with Crippen molar-refractivity contribution in [3.63, 3.8) is 0 Å². The molecule has 1 saturated heterocycles. The minimum Gasteiger partial charge on any atom is -0.380 e. The van der Waals surface area contributed by atoms with Crippen LogP contribution in [0, 0.1) is 17.0 Å². The second kappa shape index (κ2) is 8.00. The highest BCUT2D eigenvalue weighted by Gasteiger charge is 2.26. The second-order valence-corrected chi connectivity index (χ2v) is 9.29. The topological polar surface area (TPSA) is 105 Å². The summed E-state index contributed by atoms with van der Waals surface area (Å²) in [6, 6.07) is 13.6. The fourth-order valence-corrected chi connectivity index (χ4v) is 5.23. The van der Waals surface area contributed by atoms with Gasteiger partial charge in [0.1, 0.15) is 0 Å². The summed E-state index contributed by atoms with van der Waals surface area (Å²) in [5.74, 6) is 0. The Morgan fingerprint density at radius 3 is 2.50 bits per heavy atom. The lowest BCUT2D eigenvalue weighted by atomic mass is 10.1. The molecule has 4 rings (SSSR count). The van der Waals surface area contributed by atoms with Gasteiger partial charge in [-0.3, -0.25) is 10.1 Å². The zero-order valence-corrected chi connectivity index (χ0v) is 17.4. The highest BCUT2D eigenvalue weighted by atomic mass is 32.2. The average molecular weight is 426 g/mol. The number of non-ortho nitro benzene ring substituents is 1. The van der Waals surface area contributed by atoms with Gasteiger partial charge in [0.2, 0.25) is 10.0 Å². The van der Waals surface area contributed by atoms with Crippen molar-refractivity contribution >= 4 is 32.3 Å². The van der Waals surface area contributed by atoms with E-state index in [4.69, 9.17) is 0 Å². The van der Waals surface area contributed by atoms with Gasteiger partial charge in [-0.25, -0.2) is 13.4 Å². The van der Waals surface area contributed by atoms with E-state index in [1.807, 2.05) is 6.07 Å². The third kappa shape index (κ3) is 3.86. The van der Waals surface area contributed by atoms with Gasteiger partial charge in [-0.15, -0.1) is 0 Å². The van der Waals surface area contributed by atoms with Crippen LogP contribution in [0.5, 0.6) is 0 Å². The van der Waals surface area contributed by atoms with Crippen LogP contribution in [0.3, 0.4) is 0 Å². The number of anilines is 1. The summed E-state index contributed by atoms with van der Waals surface area (Å²) < 4.78 is 26.8. The molecule has 9 heteroatoms. The van der Waals surface area contributed by atoms with Crippen molar-refractivity contribution in [1.29, 1.82) is 0 Å². The molecular formula is C21H22N4O4S. The molecule has 3 aromatic rings. The summed E-state index contributed by atoms with van der Waals surface area (Å²) in [4.78, 5) is 15.5. The van der Waals surface area contributed by atoms with Crippen molar-refractivity contribution in [3.8, 4) is 0 Å². The maximum Gasteiger partial charge on any atom is 0.295 e. The van der Waals surface area contributed by atoms with E-state index in [1.54, 1.807) is 43.3 Å². The van der Waals surface area contributed by atoms with Crippen LogP contribution in [0.2, 0.25) is 0 Å². The van der Waals surface area contributed by atoms with Crippen molar-refractivity contribution in [2.24, 2.45) is 0 Å². The molecule has 1 fully saturated rings. The van der Waals surface area contributed by atoms with E-state index in [0.717, 1.165) is 24.1 Å². The number of hydrogen-bond donors (Lipinski definition) is 1. The molecule has 1 aliphatic heterocycles. The maximum absolute atomic E-state index is 12.6. The Balaban J connectivity index is 1.56. The van der Waals surface area contributed by atoms with Gasteiger partial charge in [-0.1, -0.05) is 24.3 Å². The summed E-state index contributed by atoms with van der Waals surface area (Å²) in [6.07, 6.45) is 1.80. The van der Waals surface area contributed by atoms with Gasteiger partial charge in [-0.05, 0) is 43.5 Å². The fourth-order valence-electron chi connectivity index (χ4n) is 3.71. The Hall–Kier alpha value is -3.04. The largest absolute Gasteiger partial charge is 0.380 e. The number of rotatable bonds is 6. The van der Waals surface area contributed by atoms with Gasteiger partial charge in [0.15, 0.2) is 5.52 Å². The van der Waals surface area contributed by atoms with E-state index in [2.05, 4.69) is 10.3 Å². The second-order valence-electron chi connectivity index (χ2n) is 7.35. The van der Waals surface area contributed by atoms with Crippen LogP contribution in [0.15, 0.2) is 53.4 Å². The minimum atomic E-state index is -3.43. The minimum absolute atomic E-state index is 0.0317. The van der Waals surface area contributed by atoms with E-state index in [1.165, 1.54) is 10.4 Å². The Morgan fingerprint density at radius 2 is 1.83 bits per heavy atom. The highest BCUT2D eigenvalue weighted by Crippen LogP contribution is 2.30. The standard InChI is InChI=1S/C21H22N4O4S/c1-15-13-19(18-5-4-6-20(25(26)27)21(18)23-15)22-14-16-7-9-17(10-8-16)30(28,29)24-11-2-3-12-24/h4-10,13H,2-3,11-12,14H2,1H3,(H,22,23). The Bertz CT molecular complexity index is 1200. The molecule has 0 aliphatic carbocycles. The number of benzene rings is 2. The lowest BCUT2D eigenvalue weighted by Gasteiger charge is -2.16. The molecular weight excluding hydrogens is 404 g/mol. The average Bonchev–Trinajstić information content (AvgIpc) is 3.27. The van der Waals surface area contributed by atoms with Crippen molar-refractivity contribution in [1.82, 2.24) is 9.29 Å². The lowest BCUT2D eigenvalue weighted by molar-refractivity contribution is -0.383. The molecule has 0 unspecified atom stereocenters. The predicted octanol–water partition coefficient (Wildman–Crippen LogP) is 3.85. The van der Waals surface area contributed by atoms with Crippen molar-refractivity contribution in [2.75, 3.05) is 18.4 Å². The first kappa shape index (κ1) is 20.2. The summed E-state index contributed by atoms with van der Waals surface area (Å²) >= 11 is 0. The molecule has 2 heterocycles. The van der Waals surface area contributed by atoms with E-state index in [-0.39, 0.29) is 5.69 Å². The zero-order chi connectivity index (χ0) is 21.3. The Labute approximate surface area is 174 Å². The van der Waals surface area contributed by atoms with Crippen LogP contribution in [-0.2, 0) is 16.6 Å². The molecule has 0 bridgehead atoms. The molecule has 0 amide bonds. The number of sulfonamides is 1. The van der Waals surface area contributed by atoms with Gasteiger partial charge in [0.05, 0.1) is 9.82 Å². The molecule has 0 atom stereocenters. The monoisotopic (exact) mass is 426 g/mol. The molecule has 156 valence electrons. The van der Waals surface area contributed by atoms with E-state index < -0.39 is 14.9 Å². The maximum atomic E-state index is 12.6. The molecule has 0 spiro atoms. The normalized spacial score (nSPS) is 14.8. The third-order valence-electron chi connectivity index (χ3n) is 5.25. The van der Waals surface area contributed by atoms with Crippen LogP contribution in [-0.4, -0.2) is 35.7 Å². The lowest BCUT2D eigenvalue weighted by Crippen LogP contribution is -2.27. The van der Waals surface area contributed by atoms with Gasteiger partial charge in [0, 0.05) is 42.5 Å². The van der Waals surface area contributed by atoms with E-state index in [0.29, 0.717) is 41.1 Å². The summed E-state index contributed by atoms with van der Waals surface area (Å²) in [5, 5.41) is 15.3. The number of nitro groups is 1. The smallest absolute Gasteiger partial charge is 0.295 e. The number of nitrogens with zero attached hydrogens (tertiary/aromatic N) is 3. The number of nitro benzene ring substituents is 1. The predicted molar refractivity (Wildman–Crippen MR) is 115 cm³/mol. The third-order valence-corrected chi connectivity index (χ3v) is 7.16. The zero-order valence-electron chi connectivity index (χ0n) is 16.5. The van der Waals surface area contributed by atoms with Gasteiger partial charge < -0.3 is 5.32 Å². The number of aromatic nitrogens is 1. The van der Waals surface area contributed by atoms with E-state index in [9.17, 15) is 18.5 Å². The highest BCUT2D eigenvalue weighted by molar-refractivity contribution is 7.89. The van der Waals surface area contributed by atoms with Gasteiger partial charge >= 0.3 is 0 Å².